The summed E-state index contributed by atoms with van der Waals surface area (Å²) < 4.78 is 0.942. The van der Waals surface area contributed by atoms with Crippen molar-refractivity contribution in [1.29, 1.82) is 0 Å². The van der Waals surface area contributed by atoms with E-state index < -0.39 is 0 Å². The summed E-state index contributed by atoms with van der Waals surface area (Å²) in [5.74, 6) is -0.115. The largest absolute Gasteiger partial charge is 0.279 e. The lowest BCUT2D eigenvalue weighted by atomic mass is 10.1. The molecular formula is C28H18ClN3OS2. The Labute approximate surface area is 215 Å². The average Bonchev–Trinajstić information content (AvgIpc) is 3.57. The highest BCUT2D eigenvalue weighted by Gasteiger charge is 2.24. The molecule has 4 nitrogen and oxygen atoms in total. The quantitative estimate of drug-likeness (QED) is 0.235. The van der Waals surface area contributed by atoms with Gasteiger partial charge in [-0.05, 0) is 47.3 Å². The minimum Gasteiger partial charge on any atom is -0.279 e. The van der Waals surface area contributed by atoms with E-state index in [0.717, 1.165) is 37.3 Å². The number of carbonyl (C=O) groups is 1. The van der Waals surface area contributed by atoms with E-state index in [2.05, 4.69) is 0 Å². The SMILES string of the molecule is O=C(c1cc(-c2cccs2)nc2ccccc12)N(Cc1ccccc1)c1nc2ccc(Cl)cc2s1. The van der Waals surface area contributed by atoms with Crippen molar-refractivity contribution < 1.29 is 4.79 Å². The minimum atomic E-state index is -0.115. The first kappa shape index (κ1) is 21.9. The van der Waals surface area contributed by atoms with E-state index in [0.29, 0.717) is 22.3 Å². The van der Waals surface area contributed by atoms with E-state index in [9.17, 15) is 4.79 Å². The highest BCUT2D eigenvalue weighted by atomic mass is 35.5. The van der Waals surface area contributed by atoms with Crippen LogP contribution in [0.1, 0.15) is 15.9 Å². The van der Waals surface area contributed by atoms with Crippen LogP contribution in [-0.2, 0) is 6.54 Å². The molecule has 0 bridgehead atoms. The van der Waals surface area contributed by atoms with Gasteiger partial charge in [0, 0.05) is 10.4 Å². The van der Waals surface area contributed by atoms with Crippen molar-refractivity contribution in [2.75, 3.05) is 4.90 Å². The number of hydrogen-bond donors (Lipinski definition) is 0. The molecule has 0 N–H and O–H groups in total. The molecule has 0 aliphatic heterocycles. The maximum Gasteiger partial charge on any atom is 0.261 e. The third kappa shape index (κ3) is 4.32. The Hall–Kier alpha value is -3.58. The molecule has 3 aromatic heterocycles. The van der Waals surface area contributed by atoms with Gasteiger partial charge in [0.05, 0.1) is 38.4 Å². The van der Waals surface area contributed by atoms with Crippen LogP contribution in [0.3, 0.4) is 0 Å². The van der Waals surface area contributed by atoms with Gasteiger partial charge in [0.2, 0.25) is 0 Å². The number of pyridine rings is 1. The van der Waals surface area contributed by atoms with E-state index in [-0.39, 0.29) is 5.91 Å². The van der Waals surface area contributed by atoms with Crippen LogP contribution < -0.4 is 4.90 Å². The molecule has 6 aromatic rings. The first-order valence-electron chi connectivity index (χ1n) is 11.0. The summed E-state index contributed by atoms with van der Waals surface area (Å²) in [6, 6.07) is 29.3. The highest BCUT2D eigenvalue weighted by molar-refractivity contribution is 7.22. The van der Waals surface area contributed by atoms with Crippen molar-refractivity contribution in [3.8, 4) is 10.6 Å². The Morgan fingerprint density at radius 2 is 1.69 bits per heavy atom. The second-order valence-corrected chi connectivity index (χ2v) is 10.4. The van der Waals surface area contributed by atoms with Crippen molar-refractivity contribution in [1.82, 2.24) is 9.97 Å². The maximum absolute atomic E-state index is 14.3. The standard InChI is InChI=1S/C28H18ClN3OS2/c29-19-12-13-23-26(15-19)35-28(31-23)32(17-18-7-2-1-3-8-18)27(33)21-16-24(25-11-6-14-34-25)30-22-10-5-4-9-20(21)22/h1-16H,17H2. The molecular weight excluding hydrogens is 494 g/mol. The number of anilines is 1. The summed E-state index contributed by atoms with van der Waals surface area (Å²) >= 11 is 9.29. The van der Waals surface area contributed by atoms with Crippen LogP contribution in [0.4, 0.5) is 5.13 Å². The molecule has 170 valence electrons. The Kier molecular flexibility index (Phi) is 5.78. The van der Waals surface area contributed by atoms with Crippen LogP contribution in [0.2, 0.25) is 5.02 Å². The van der Waals surface area contributed by atoms with Gasteiger partial charge in [-0.1, -0.05) is 77.5 Å². The summed E-state index contributed by atoms with van der Waals surface area (Å²) in [5, 5.41) is 4.12. The van der Waals surface area contributed by atoms with E-state index in [1.165, 1.54) is 11.3 Å². The van der Waals surface area contributed by atoms with E-state index in [4.69, 9.17) is 21.6 Å². The smallest absolute Gasteiger partial charge is 0.261 e. The Balaban J connectivity index is 1.52. The lowest BCUT2D eigenvalue weighted by Gasteiger charge is -2.21. The van der Waals surface area contributed by atoms with E-state index in [1.54, 1.807) is 16.2 Å². The molecule has 35 heavy (non-hydrogen) atoms. The fraction of sp³-hybridized carbons (Fsp3) is 0.0357. The van der Waals surface area contributed by atoms with Crippen molar-refractivity contribution in [2.45, 2.75) is 6.54 Å². The van der Waals surface area contributed by atoms with Crippen molar-refractivity contribution in [2.24, 2.45) is 0 Å². The first-order valence-corrected chi connectivity index (χ1v) is 13.1. The second kappa shape index (κ2) is 9.23. The molecule has 1 amide bonds. The number of fused-ring (bicyclic) bond motifs is 2. The number of carbonyl (C=O) groups excluding carboxylic acids is 1. The van der Waals surface area contributed by atoms with Crippen LogP contribution in [0.5, 0.6) is 0 Å². The molecule has 0 aliphatic carbocycles. The molecule has 0 saturated heterocycles. The predicted molar refractivity (Wildman–Crippen MR) is 147 cm³/mol. The van der Waals surface area contributed by atoms with Crippen molar-refractivity contribution in [3.05, 3.63) is 113 Å². The number of benzene rings is 3. The van der Waals surface area contributed by atoms with Gasteiger partial charge in [-0.2, -0.15) is 0 Å². The molecule has 3 aromatic carbocycles. The fourth-order valence-corrected chi connectivity index (χ4v) is 5.97. The van der Waals surface area contributed by atoms with Crippen LogP contribution in [0.15, 0.2) is 96.4 Å². The summed E-state index contributed by atoms with van der Waals surface area (Å²) in [6.45, 7) is 0.401. The number of amides is 1. The Morgan fingerprint density at radius 3 is 2.51 bits per heavy atom. The molecule has 0 aliphatic rings. The molecule has 3 heterocycles. The predicted octanol–water partition coefficient (Wildman–Crippen LogP) is 8.07. The fourth-order valence-electron chi connectivity index (χ4n) is 4.04. The number of para-hydroxylation sites is 1. The van der Waals surface area contributed by atoms with Crippen LogP contribution in [0, 0.1) is 0 Å². The zero-order chi connectivity index (χ0) is 23.8. The van der Waals surface area contributed by atoms with Crippen molar-refractivity contribution >= 4 is 66.4 Å². The van der Waals surface area contributed by atoms with Gasteiger partial charge in [-0.25, -0.2) is 9.97 Å². The molecule has 6 rings (SSSR count). The number of thiazole rings is 1. The Bertz CT molecular complexity index is 1660. The topological polar surface area (TPSA) is 46.1 Å². The van der Waals surface area contributed by atoms with Gasteiger partial charge in [0.15, 0.2) is 5.13 Å². The van der Waals surface area contributed by atoms with Gasteiger partial charge >= 0.3 is 0 Å². The molecule has 0 unspecified atom stereocenters. The zero-order valence-corrected chi connectivity index (χ0v) is 20.8. The zero-order valence-electron chi connectivity index (χ0n) is 18.4. The molecule has 0 fully saturated rings. The van der Waals surface area contributed by atoms with E-state index >= 15 is 0 Å². The Morgan fingerprint density at radius 1 is 0.857 bits per heavy atom. The second-order valence-electron chi connectivity index (χ2n) is 8.03. The van der Waals surface area contributed by atoms with Crippen LogP contribution in [0.25, 0.3) is 31.7 Å². The molecule has 0 atom stereocenters. The molecule has 0 spiro atoms. The highest BCUT2D eigenvalue weighted by Crippen LogP contribution is 2.34. The number of halogens is 1. The summed E-state index contributed by atoms with van der Waals surface area (Å²) in [4.78, 5) is 26.7. The van der Waals surface area contributed by atoms with Gasteiger partial charge < -0.3 is 0 Å². The summed E-state index contributed by atoms with van der Waals surface area (Å²) in [5.41, 5.74) is 4.02. The van der Waals surface area contributed by atoms with Crippen molar-refractivity contribution in [3.63, 3.8) is 0 Å². The lowest BCUT2D eigenvalue weighted by molar-refractivity contribution is 0.0986. The third-order valence-corrected chi connectivity index (χ3v) is 7.89. The number of hydrogen-bond acceptors (Lipinski definition) is 5. The normalized spacial score (nSPS) is 11.2. The van der Waals surface area contributed by atoms with Gasteiger partial charge in [0.25, 0.3) is 5.91 Å². The minimum absolute atomic E-state index is 0.115. The van der Waals surface area contributed by atoms with Gasteiger partial charge in [-0.3, -0.25) is 9.69 Å². The maximum atomic E-state index is 14.3. The summed E-state index contributed by atoms with van der Waals surface area (Å²) in [6.07, 6.45) is 0. The number of aromatic nitrogens is 2. The first-order chi connectivity index (χ1) is 17.2. The molecule has 0 radical (unpaired) electrons. The molecule has 7 heteroatoms. The van der Waals surface area contributed by atoms with Crippen LogP contribution >= 0.6 is 34.3 Å². The van der Waals surface area contributed by atoms with E-state index in [1.807, 2.05) is 96.4 Å². The van der Waals surface area contributed by atoms with Gasteiger partial charge in [0.1, 0.15) is 0 Å². The monoisotopic (exact) mass is 511 g/mol. The number of rotatable bonds is 5. The molecule has 0 saturated carbocycles. The number of thiophene rings is 1. The van der Waals surface area contributed by atoms with Gasteiger partial charge in [-0.15, -0.1) is 11.3 Å². The lowest BCUT2D eigenvalue weighted by Crippen LogP contribution is -2.30. The van der Waals surface area contributed by atoms with Crippen LogP contribution in [-0.4, -0.2) is 15.9 Å². The summed E-state index contributed by atoms with van der Waals surface area (Å²) in [7, 11) is 0. The average molecular weight is 512 g/mol. The third-order valence-electron chi connectivity index (χ3n) is 5.72. The number of nitrogens with zero attached hydrogens (tertiary/aromatic N) is 3.